The van der Waals surface area contributed by atoms with Gasteiger partial charge in [-0.2, -0.15) is 0 Å². The normalized spacial score (nSPS) is 12.1. The largest absolute Gasteiger partial charge is 0.378 e. The molecule has 0 aliphatic heterocycles. The van der Waals surface area contributed by atoms with Crippen LogP contribution in [0, 0.1) is 5.82 Å². The summed E-state index contributed by atoms with van der Waals surface area (Å²) in [6.07, 6.45) is 1.76. The molecular formula is C12H12FN3OS. The number of carbonyl (C=O) groups is 1. The van der Waals surface area contributed by atoms with Gasteiger partial charge in [0.2, 0.25) is 0 Å². The van der Waals surface area contributed by atoms with Crippen molar-refractivity contribution in [1.29, 1.82) is 0 Å². The lowest BCUT2D eigenvalue weighted by Crippen LogP contribution is -2.14. The molecule has 0 saturated heterocycles. The number of primary amides is 1. The molecule has 1 aromatic carbocycles. The van der Waals surface area contributed by atoms with Gasteiger partial charge >= 0.3 is 0 Å². The van der Waals surface area contributed by atoms with Crippen LogP contribution in [-0.4, -0.2) is 10.9 Å². The maximum Gasteiger partial charge on any atom is 0.251 e. The summed E-state index contributed by atoms with van der Waals surface area (Å²) in [7, 11) is 0. The van der Waals surface area contributed by atoms with Gasteiger partial charge in [0.05, 0.1) is 17.1 Å². The van der Waals surface area contributed by atoms with E-state index in [0.29, 0.717) is 5.69 Å². The molecule has 2 rings (SSSR count). The Bertz CT molecular complexity index is 556. The van der Waals surface area contributed by atoms with E-state index < -0.39 is 11.7 Å². The van der Waals surface area contributed by atoms with Crippen LogP contribution in [0.1, 0.15) is 28.2 Å². The van der Waals surface area contributed by atoms with E-state index in [1.807, 2.05) is 6.92 Å². The van der Waals surface area contributed by atoms with E-state index in [1.165, 1.54) is 23.5 Å². The maximum absolute atomic E-state index is 13.3. The predicted octanol–water partition coefficient (Wildman–Crippen LogP) is 2.55. The average molecular weight is 265 g/mol. The number of nitrogens with zero attached hydrogens (tertiary/aromatic N) is 1. The summed E-state index contributed by atoms with van der Waals surface area (Å²) in [5.74, 6) is -1.39. The topological polar surface area (TPSA) is 68.0 Å². The van der Waals surface area contributed by atoms with Crippen LogP contribution in [0.25, 0.3) is 0 Å². The fourth-order valence-electron chi connectivity index (χ4n) is 1.56. The molecular weight excluding hydrogens is 253 g/mol. The lowest BCUT2D eigenvalue weighted by Gasteiger charge is -2.14. The Balaban J connectivity index is 2.20. The molecule has 0 fully saturated rings. The van der Waals surface area contributed by atoms with Crippen molar-refractivity contribution >= 4 is 22.9 Å². The Morgan fingerprint density at radius 1 is 1.56 bits per heavy atom. The summed E-state index contributed by atoms with van der Waals surface area (Å²) >= 11 is 1.52. The minimum atomic E-state index is -0.776. The van der Waals surface area contributed by atoms with E-state index in [2.05, 4.69) is 10.3 Å². The van der Waals surface area contributed by atoms with Crippen molar-refractivity contribution in [1.82, 2.24) is 4.98 Å². The minimum Gasteiger partial charge on any atom is -0.378 e. The second kappa shape index (κ2) is 5.14. The van der Waals surface area contributed by atoms with Crippen molar-refractivity contribution in [2.24, 2.45) is 5.73 Å². The molecule has 0 radical (unpaired) electrons. The molecule has 0 aliphatic carbocycles. The van der Waals surface area contributed by atoms with Crippen molar-refractivity contribution in [3.63, 3.8) is 0 Å². The number of hydrogen-bond acceptors (Lipinski definition) is 4. The van der Waals surface area contributed by atoms with E-state index in [4.69, 9.17) is 5.73 Å². The van der Waals surface area contributed by atoms with Gasteiger partial charge in [-0.05, 0) is 25.1 Å². The van der Waals surface area contributed by atoms with Crippen LogP contribution >= 0.6 is 11.3 Å². The summed E-state index contributed by atoms with van der Waals surface area (Å²) in [4.78, 5) is 16.1. The first-order chi connectivity index (χ1) is 8.58. The van der Waals surface area contributed by atoms with Gasteiger partial charge in [0.1, 0.15) is 5.82 Å². The average Bonchev–Trinajstić information content (AvgIpc) is 2.85. The maximum atomic E-state index is 13.3. The molecule has 2 aromatic rings. The fraction of sp³-hybridized carbons (Fsp3) is 0.167. The van der Waals surface area contributed by atoms with E-state index in [1.54, 1.807) is 17.8 Å². The van der Waals surface area contributed by atoms with Gasteiger partial charge in [0.15, 0.2) is 0 Å². The molecule has 3 N–H and O–H groups in total. The molecule has 1 aromatic heterocycles. The molecule has 4 nitrogen and oxygen atoms in total. The van der Waals surface area contributed by atoms with Crippen LogP contribution in [0.3, 0.4) is 0 Å². The number of amides is 1. The third-order valence-electron chi connectivity index (χ3n) is 2.49. The molecule has 94 valence electrons. The van der Waals surface area contributed by atoms with E-state index in [9.17, 15) is 9.18 Å². The van der Waals surface area contributed by atoms with E-state index >= 15 is 0 Å². The minimum absolute atomic E-state index is 0.0312. The smallest absolute Gasteiger partial charge is 0.251 e. The second-order valence-corrected chi connectivity index (χ2v) is 4.75. The number of benzene rings is 1. The van der Waals surface area contributed by atoms with Gasteiger partial charge in [-0.15, -0.1) is 11.3 Å². The number of aromatic nitrogens is 1. The number of hydrogen-bond donors (Lipinski definition) is 2. The third kappa shape index (κ3) is 2.65. The lowest BCUT2D eigenvalue weighted by molar-refractivity contribution is 0.0996. The van der Waals surface area contributed by atoms with Crippen molar-refractivity contribution < 1.29 is 9.18 Å². The summed E-state index contributed by atoms with van der Waals surface area (Å²) in [5, 5.41) is 3.16. The highest BCUT2D eigenvalue weighted by Crippen LogP contribution is 2.23. The molecule has 0 spiro atoms. The van der Waals surface area contributed by atoms with Crippen LogP contribution < -0.4 is 11.1 Å². The first-order valence-electron chi connectivity index (χ1n) is 5.32. The molecule has 0 saturated carbocycles. The number of thiazole rings is 1. The number of carbonyl (C=O) groups excluding carboxylic acids is 1. The SMILES string of the molecule is CC(Nc1ccc(F)c(C(N)=O)c1)c1cncs1. The molecule has 6 heteroatoms. The Labute approximate surface area is 108 Å². The molecule has 1 atom stereocenters. The Hall–Kier alpha value is -1.95. The molecule has 1 heterocycles. The fourth-order valence-corrected chi connectivity index (χ4v) is 2.19. The van der Waals surface area contributed by atoms with Crippen molar-refractivity contribution in [3.05, 3.63) is 46.2 Å². The monoisotopic (exact) mass is 265 g/mol. The van der Waals surface area contributed by atoms with Gasteiger partial charge in [-0.3, -0.25) is 9.78 Å². The summed E-state index contributed by atoms with van der Waals surface area (Å²) in [6, 6.07) is 4.24. The standard InChI is InChI=1S/C12H12FN3OS/c1-7(11-5-15-6-18-11)16-8-2-3-10(13)9(4-8)12(14)17/h2-7,16H,1H3,(H2,14,17). The molecule has 0 bridgehead atoms. The van der Waals surface area contributed by atoms with E-state index in [0.717, 1.165) is 4.88 Å². The molecule has 1 amide bonds. The number of anilines is 1. The Morgan fingerprint density at radius 2 is 2.33 bits per heavy atom. The van der Waals surface area contributed by atoms with Gasteiger partial charge < -0.3 is 11.1 Å². The molecule has 0 aliphatic rings. The second-order valence-electron chi connectivity index (χ2n) is 3.83. The van der Waals surface area contributed by atoms with Crippen LogP contribution in [0.4, 0.5) is 10.1 Å². The lowest BCUT2D eigenvalue weighted by atomic mass is 10.1. The Kier molecular flexibility index (Phi) is 3.57. The highest BCUT2D eigenvalue weighted by atomic mass is 32.1. The first kappa shape index (κ1) is 12.5. The zero-order chi connectivity index (χ0) is 13.1. The van der Waals surface area contributed by atoms with Gasteiger partial charge in [0, 0.05) is 16.8 Å². The van der Waals surface area contributed by atoms with E-state index in [-0.39, 0.29) is 11.6 Å². The third-order valence-corrected chi connectivity index (χ3v) is 3.45. The van der Waals surface area contributed by atoms with Crippen molar-refractivity contribution in [2.75, 3.05) is 5.32 Å². The molecule has 18 heavy (non-hydrogen) atoms. The molecule has 1 unspecified atom stereocenters. The summed E-state index contributed by atoms with van der Waals surface area (Å²) in [5.41, 5.74) is 7.37. The van der Waals surface area contributed by atoms with Gasteiger partial charge in [-0.1, -0.05) is 0 Å². The highest BCUT2D eigenvalue weighted by molar-refractivity contribution is 7.09. The van der Waals surface area contributed by atoms with Crippen molar-refractivity contribution in [2.45, 2.75) is 13.0 Å². The number of rotatable bonds is 4. The van der Waals surface area contributed by atoms with Crippen LogP contribution in [0.5, 0.6) is 0 Å². The van der Waals surface area contributed by atoms with Gasteiger partial charge in [0.25, 0.3) is 5.91 Å². The first-order valence-corrected chi connectivity index (χ1v) is 6.20. The highest BCUT2D eigenvalue weighted by Gasteiger charge is 2.11. The Morgan fingerprint density at radius 3 is 2.94 bits per heavy atom. The van der Waals surface area contributed by atoms with Crippen LogP contribution in [0.2, 0.25) is 0 Å². The summed E-state index contributed by atoms with van der Waals surface area (Å²) in [6.45, 7) is 1.96. The van der Waals surface area contributed by atoms with Crippen LogP contribution in [-0.2, 0) is 0 Å². The summed E-state index contributed by atoms with van der Waals surface area (Å²) < 4.78 is 13.3. The number of halogens is 1. The zero-order valence-electron chi connectivity index (χ0n) is 9.68. The zero-order valence-corrected chi connectivity index (χ0v) is 10.5. The van der Waals surface area contributed by atoms with Crippen molar-refractivity contribution in [3.8, 4) is 0 Å². The predicted molar refractivity (Wildman–Crippen MR) is 69.1 cm³/mol. The van der Waals surface area contributed by atoms with Gasteiger partial charge in [-0.25, -0.2) is 4.39 Å². The number of nitrogens with one attached hydrogen (secondary N) is 1. The quantitative estimate of drug-likeness (QED) is 0.892. The van der Waals surface area contributed by atoms with Crippen LogP contribution in [0.15, 0.2) is 29.9 Å². The number of nitrogens with two attached hydrogens (primary N) is 1.